The van der Waals surface area contributed by atoms with Crippen molar-refractivity contribution in [2.45, 2.75) is 90.3 Å². The van der Waals surface area contributed by atoms with Crippen molar-refractivity contribution in [3.8, 4) is 12.1 Å². The van der Waals surface area contributed by atoms with Crippen molar-refractivity contribution < 1.29 is 19.1 Å². The molecule has 0 spiro atoms. The Bertz CT molecular complexity index is 549. The van der Waals surface area contributed by atoms with E-state index in [1.165, 1.54) is 0 Å². The fourth-order valence-electron chi connectivity index (χ4n) is 4.77. The third-order valence-corrected chi connectivity index (χ3v) is 6.50. The van der Waals surface area contributed by atoms with Crippen LogP contribution in [0.1, 0.15) is 78.1 Å². The summed E-state index contributed by atoms with van der Waals surface area (Å²) in [7, 11) is 0. The number of carbonyl (C=O) groups is 2. The molecule has 0 aromatic carbocycles. The van der Waals surface area contributed by atoms with E-state index in [4.69, 9.17) is 20.0 Å². The minimum Gasteiger partial charge on any atom is -0.462 e. The van der Waals surface area contributed by atoms with Crippen LogP contribution in [0.5, 0.6) is 0 Å². The molecule has 6 nitrogen and oxygen atoms in total. The highest BCUT2D eigenvalue weighted by Gasteiger charge is 2.41. The van der Waals surface area contributed by atoms with Crippen LogP contribution in [0.3, 0.4) is 0 Å². The number of carbonyl (C=O) groups excluding carboxylic acids is 2. The number of ether oxygens (including phenoxy) is 2. The van der Waals surface area contributed by atoms with Crippen LogP contribution in [0.4, 0.5) is 0 Å². The summed E-state index contributed by atoms with van der Waals surface area (Å²) in [6, 6.07) is 3.67. The molecule has 0 atom stereocenters. The van der Waals surface area contributed by atoms with E-state index in [0.29, 0.717) is 11.8 Å². The van der Waals surface area contributed by atoms with Crippen LogP contribution in [-0.2, 0) is 19.1 Å². The Morgan fingerprint density at radius 3 is 1.41 bits per heavy atom. The van der Waals surface area contributed by atoms with Crippen molar-refractivity contribution in [3.05, 3.63) is 0 Å². The Labute approximate surface area is 161 Å². The molecule has 0 amide bonds. The molecule has 148 valence electrons. The van der Waals surface area contributed by atoms with E-state index >= 15 is 0 Å². The number of nitrogens with zero attached hydrogens (tertiary/aromatic N) is 2. The zero-order chi connectivity index (χ0) is 19.9. The Hall–Kier alpha value is -2.08. The molecule has 0 radical (unpaired) electrons. The molecule has 2 aliphatic carbocycles. The van der Waals surface area contributed by atoms with Crippen LogP contribution >= 0.6 is 0 Å². The molecule has 2 saturated carbocycles. The highest BCUT2D eigenvalue weighted by molar-refractivity contribution is 5.72. The third kappa shape index (κ3) is 5.96. The lowest BCUT2D eigenvalue weighted by Crippen LogP contribution is -2.39. The van der Waals surface area contributed by atoms with E-state index in [0.717, 1.165) is 51.4 Å². The fourth-order valence-corrected chi connectivity index (χ4v) is 4.77. The van der Waals surface area contributed by atoms with Gasteiger partial charge in [0.2, 0.25) is 0 Å². The molecule has 0 N–H and O–H groups in total. The van der Waals surface area contributed by atoms with E-state index in [-0.39, 0.29) is 30.5 Å². The molecule has 0 heterocycles. The van der Waals surface area contributed by atoms with Gasteiger partial charge in [-0.15, -0.1) is 0 Å². The Balaban J connectivity index is 1.79. The lowest BCUT2D eigenvalue weighted by Gasteiger charge is -2.46. The van der Waals surface area contributed by atoms with Crippen LogP contribution in [0, 0.1) is 39.9 Å². The number of esters is 2. The van der Waals surface area contributed by atoms with Gasteiger partial charge in [-0.3, -0.25) is 9.59 Å². The fraction of sp³-hybridized carbons (Fsp3) is 0.810. The predicted octanol–water partition coefficient (Wildman–Crippen LogP) is 4.04. The van der Waals surface area contributed by atoms with E-state index in [9.17, 15) is 9.59 Å². The molecule has 6 heteroatoms. The van der Waals surface area contributed by atoms with Gasteiger partial charge in [-0.25, -0.2) is 0 Å². The van der Waals surface area contributed by atoms with Crippen molar-refractivity contribution in [1.82, 2.24) is 0 Å². The second-order valence-corrected chi connectivity index (χ2v) is 8.42. The summed E-state index contributed by atoms with van der Waals surface area (Å²) >= 11 is 0. The average molecular weight is 374 g/mol. The van der Waals surface area contributed by atoms with Crippen molar-refractivity contribution in [1.29, 1.82) is 10.5 Å². The molecular weight excluding hydrogens is 344 g/mol. The van der Waals surface area contributed by atoms with Gasteiger partial charge >= 0.3 is 11.9 Å². The zero-order valence-electron chi connectivity index (χ0n) is 16.4. The molecule has 2 fully saturated rings. The largest absolute Gasteiger partial charge is 0.462 e. The van der Waals surface area contributed by atoms with Gasteiger partial charge in [0.1, 0.15) is 25.0 Å². The van der Waals surface area contributed by atoms with Gasteiger partial charge < -0.3 is 9.47 Å². The summed E-state index contributed by atoms with van der Waals surface area (Å²) < 4.78 is 10.8. The average Bonchev–Trinajstić information content (AvgIpc) is 2.63. The monoisotopic (exact) mass is 374 g/mol. The second kappa shape index (κ2) is 9.74. The number of rotatable bonds is 6. The second-order valence-electron chi connectivity index (χ2n) is 8.42. The SMILES string of the molecule is CC(C)(C1CCC(OC(=O)CC#N)CC1)C1CCC(OC(=O)CC#N)CC1. The van der Waals surface area contributed by atoms with Crippen LogP contribution in [-0.4, -0.2) is 24.1 Å². The highest BCUT2D eigenvalue weighted by Crippen LogP contribution is 2.48. The standard InChI is InChI=1S/C21H30N2O4/c1-21(2,15-3-7-17(8-4-15)26-19(24)11-13-22)16-5-9-18(10-6-16)27-20(25)12-14-23/h15-18H,3-12H2,1-2H3. The molecule has 2 rings (SSSR count). The van der Waals surface area contributed by atoms with Crippen LogP contribution in [0.15, 0.2) is 0 Å². The first-order valence-corrected chi connectivity index (χ1v) is 9.99. The van der Waals surface area contributed by atoms with Crippen molar-refractivity contribution in [3.63, 3.8) is 0 Å². The topological polar surface area (TPSA) is 100 Å². The molecular formula is C21H30N2O4. The molecule has 2 aliphatic rings. The van der Waals surface area contributed by atoms with Crippen molar-refractivity contribution >= 4 is 11.9 Å². The van der Waals surface area contributed by atoms with Crippen molar-refractivity contribution in [2.24, 2.45) is 17.3 Å². The zero-order valence-corrected chi connectivity index (χ0v) is 16.4. The van der Waals surface area contributed by atoms with Gasteiger partial charge in [-0.1, -0.05) is 13.8 Å². The molecule has 0 aromatic heterocycles. The lowest BCUT2D eigenvalue weighted by molar-refractivity contribution is -0.150. The molecule has 0 aliphatic heterocycles. The van der Waals surface area contributed by atoms with Gasteiger partial charge in [0, 0.05) is 0 Å². The maximum atomic E-state index is 11.5. The number of hydrogen-bond acceptors (Lipinski definition) is 6. The third-order valence-electron chi connectivity index (χ3n) is 6.50. The van der Waals surface area contributed by atoms with Crippen molar-refractivity contribution in [2.75, 3.05) is 0 Å². The smallest absolute Gasteiger partial charge is 0.320 e. The first kappa shape index (κ1) is 21.2. The van der Waals surface area contributed by atoms with E-state index in [1.807, 2.05) is 12.1 Å². The molecule has 27 heavy (non-hydrogen) atoms. The van der Waals surface area contributed by atoms with Gasteiger partial charge in [0.15, 0.2) is 0 Å². The summed E-state index contributed by atoms with van der Waals surface area (Å²) in [5, 5.41) is 17.1. The summed E-state index contributed by atoms with van der Waals surface area (Å²) in [6.07, 6.45) is 7.17. The Morgan fingerprint density at radius 2 is 1.11 bits per heavy atom. The van der Waals surface area contributed by atoms with Crippen LogP contribution in [0.25, 0.3) is 0 Å². The molecule has 0 bridgehead atoms. The summed E-state index contributed by atoms with van der Waals surface area (Å²) in [6.45, 7) is 4.68. The van der Waals surface area contributed by atoms with Gasteiger partial charge in [0.25, 0.3) is 0 Å². The van der Waals surface area contributed by atoms with E-state index in [1.54, 1.807) is 0 Å². The first-order chi connectivity index (χ1) is 12.9. The highest BCUT2D eigenvalue weighted by atomic mass is 16.5. The minimum absolute atomic E-state index is 0.0480. The normalized spacial score (nSPS) is 28.4. The summed E-state index contributed by atoms with van der Waals surface area (Å²) in [5.41, 5.74) is 0.198. The Morgan fingerprint density at radius 1 is 0.778 bits per heavy atom. The molecule has 0 saturated heterocycles. The van der Waals surface area contributed by atoms with Crippen LogP contribution < -0.4 is 0 Å². The van der Waals surface area contributed by atoms with E-state index in [2.05, 4.69) is 13.8 Å². The first-order valence-electron chi connectivity index (χ1n) is 9.99. The maximum Gasteiger partial charge on any atom is 0.320 e. The quantitative estimate of drug-likeness (QED) is 0.650. The number of nitriles is 2. The van der Waals surface area contributed by atoms with Gasteiger partial charge in [-0.2, -0.15) is 10.5 Å². The maximum absolute atomic E-state index is 11.5. The van der Waals surface area contributed by atoms with Crippen LogP contribution in [0.2, 0.25) is 0 Å². The summed E-state index contributed by atoms with van der Waals surface area (Å²) in [5.74, 6) is 0.353. The summed E-state index contributed by atoms with van der Waals surface area (Å²) in [4.78, 5) is 23.0. The van der Waals surface area contributed by atoms with Gasteiger partial charge in [-0.05, 0) is 68.6 Å². The minimum atomic E-state index is -0.413. The van der Waals surface area contributed by atoms with Gasteiger partial charge in [0.05, 0.1) is 12.1 Å². The van der Waals surface area contributed by atoms with E-state index < -0.39 is 11.9 Å². The predicted molar refractivity (Wildman–Crippen MR) is 97.9 cm³/mol. The number of hydrogen-bond donors (Lipinski definition) is 0. The Kier molecular flexibility index (Phi) is 7.66. The lowest BCUT2D eigenvalue weighted by atomic mass is 9.60. The molecule has 0 unspecified atom stereocenters. The molecule has 0 aromatic rings.